The molecule has 1 aromatic heterocycles. The van der Waals surface area contributed by atoms with Crippen LogP contribution in [-0.2, 0) is 15.5 Å². The molecule has 1 unspecified atom stereocenters. The van der Waals surface area contributed by atoms with Gasteiger partial charge in [0.25, 0.3) is 0 Å². The molecule has 0 amide bonds. The highest BCUT2D eigenvalue weighted by molar-refractivity contribution is 7.74. The summed E-state index contributed by atoms with van der Waals surface area (Å²) in [5.74, 6) is 0. The summed E-state index contributed by atoms with van der Waals surface area (Å²) >= 11 is -2.91. The van der Waals surface area contributed by atoms with Crippen LogP contribution in [0.4, 0.5) is 4.79 Å². The van der Waals surface area contributed by atoms with Crippen molar-refractivity contribution in [2.45, 2.75) is 0 Å². The molecule has 1 heterocycles. The number of aromatic nitrogens is 1. The quantitative estimate of drug-likeness (QED) is 0.470. The first-order chi connectivity index (χ1) is 6.18. The minimum absolute atomic E-state index is 1.01. The van der Waals surface area contributed by atoms with Crippen molar-refractivity contribution >= 4 is 17.5 Å². The van der Waals surface area contributed by atoms with E-state index in [0.717, 1.165) is 4.73 Å². The summed E-state index contributed by atoms with van der Waals surface area (Å²) in [5, 5.41) is 0. The minimum atomic E-state index is -2.91. The topological polar surface area (TPSA) is 79.5 Å². The van der Waals surface area contributed by atoms with Gasteiger partial charge in [-0.2, -0.15) is 4.79 Å². The van der Waals surface area contributed by atoms with Crippen LogP contribution in [0.25, 0.3) is 0 Å². The fourth-order valence-corrected chi connectivity index (χ4v) is 0.742. The maximum absolute atomic E-state index is 10.6. The Morgan fingerprint density at radius 1 is 1.31 bits per heavy atom. The number of pyridine rings is 1. The second-order valence-corrected chi connectivity index (χ2v) is 2.44. The Morgan fingerprint density at radius 3 is 2.46 bits per heavy atom. The van der Waals surface area contributed by atoms with Gasteiger partial charge < -0.3 is 8.74 Å². The fraction of sp³-hybridized carbons (Fsp3) is 0. The van der Waals surface area contributed by atoms with Crippen LogP contribution in [0.15, 0.2) is 30.6 Å². The van der Waals surface area contributed by atoms with Crippen molar-refractivity contribution in [2.75, 3.05) is 0 Å². The van der Waals surface area contributed by atoms with Crippen LogP contribution < -0.4 is 9.57 Å². The number of carbonyl (C=O) groups is 1. The third kappa shape index (κ3) is 3.63. The SMILES string of the molecule is O=C(O[n+]1ccccc1)OS(=O)[O-]. The van der Waals surface area contributed by atoms with Gasteiger partial charge in [0.2, 0.25) is 12.4 Å². The van der Waals surface area contributed by atoms with Crippen LogP contribution in [0, 0.1) is 0 Å². The van der Waals surface area contributed by atoms with Gasteiger partial charge >= 0.3 is 6.16 Å². The normalized spacial score (nSPS) is 11.8. The van der Waals surface area contributed by atoms with E-state index in [4.69, 9.17) is 0 Å². The van der Waals surface area contributed by atoms with Crippen LogP contribution in [-0.4, -0.2) is 14.9 Å². The third-order valence-corrected chi connectivity index (χ3v) is 1.28. The molecule has 0 bridgehead atoms. The average Bonchev–Trinajstić information content (AvgIpc) is 2.04. The number of nitrogens with zero attached hydrogens (tertiary/aromatic N) is 1. The lowest BCUT2D eigenvalue weighted by Crippen LogP contribution is -2.45. The fourth-order valence-electron chi connectivity index (χ4n) is 0.601. The van der Waals surface area contributed by atoms with Crippen molar-refractivity contribution in [2.24, 2.45) is 0 Å². The largest absolute Gasteiger partial charge is 0.740 e. The van der Waals surface area contributed by atoms with Gasteiger partial charge in [-0.1, -0.05) is 6.07 Å². The lowest BCUT2D eigenvalue weighted by atomic mass is 10.5. The van der Waals surface area contributed by atoms with Crippen molar-refractivity contribution in [1.29, 1.82) is 0 Å². The molecule has 0 aromatic carbocycles. The highest BCUT2D eigenvalue weighted by Gasteiger charge is 2.11. The zero-order chi connectivity index (χ0) is 9.68. The second kappa shape index (κ2) is 4.53. The average molecular weight is 203 g/mol. The first-order valence-corrected chi connectivity index (χ1v) is 4.14. The molecule has 0 aliphatic carbocycles. The van der Waals surface area contributed by atoms with Crippen LogP contribution in [0.3, 0.4) is 0 Å². The van der Waals surface area contributed by atoms with Gasteiger partial charge in [-0.3, -0.25) is 0 Å². The van der Waals surface area contributed by atoms with Crippen molar-refractivity contribution in [1.82, 2.24) is 0 Å². The van der Waals surface area contributed by atoms with E-state index in [0.29, 0.717) is 0 Å². The Labute approximate surface area is 76.2 Å². The van der Waals surface area contributed by atoms with E-state index in [1.165, 1.54) is 12.4 Å². The lowest BCUT2D eigenvalue weighted by Gasteiger charge is -2.00. The van der Waals surface area contributed by atoms with Crippen molar-refractivity contribution < 1.29 is 27.3 Å². The lowest BCUT2D eigenvalue weighted by molar-refractivity contribution is -0.870. The van der Waals surface area contributed by atoms with Crippen LogP contribution >= 0.6 is 0 Å². The molecule has 1 atom stereocenters. The summed E-state index contributed by atoms with van der Waals surface area (Å²) in [5.41, 5.74) is 0. The van der Waals surface area contributed by atoms with Gasteiger partial charge in [-0.05, 0) is 0 Å². The second-order valence-electron chi connectivity index (χ2n) is 1.86. The van der Waals surface area contributed by atoms with E-state index in [1.807, 2.05) is 0 Å². The zero-order valence-electron chi connectivity index (χ0n) is 6.28. The zero-order valence-corrected chi connectivity index (χ0v) is 7.10. The Morgan fingerprint density at radius 2 is 1.92 bits per heavy atom. The molecule has 0 aliphatic heterocycles. The number of carbonyl (C=O) groups excluding carboxylic acids is 1. The van der Waals surface area contributed by atoms with Crippen LogP contribution in [0.2, 0.25) is 0 Å². The first kappa shape index (κ1) is 9.62. The Hall–Kier alpha value is -1.47. The van der Waals surface area contributed by atoms with Gasteiger partial charge in [0.05, 0.1) is 0 Å². The number of hydrogen-bond acceptors (Lipinski definition) is 5. The van der Waals surface area contributed by atoms with E-state index < -0.39 is 17.5 Å². The molecule has 1 aromatic rings. The predicted octanol–water partition coefficient (Wildman–Crippen LogP) is -0.667. The van der Waals surface area contributed by atoms with Gasteiger partial charge in [0, 0.05) is 16.9 Å². The van der Waals surface area contributed by atoms with Gasteiger partial charge in [-0.25, -0.2) is 4.21 Å². The van der Waals surface area contributed by atoms with Crippen LogP contribution in [0.5, 0.6) is 0 Å². The molecule has 70 valence electrons. The summed E-state index contributed by atoms with van der Waals surface area (Å²) in [6.45, 7) is 0. The maximum Gasteiger partial charge on any atom is 0.585 e. The summed E-state index contributed by atoms with van der Waals surface area (Å²) in [7, 11) is 0. The smallest absolute Gasteiger partial charge is 0.585 e. The molecule has 7 heteroatoms. The van der Waals surface area contributed by atoms with E-state index >= 15 is 0 Å². The Balaban J connectivity index is 2.50. The van der Waals surface area contributed by atoms with Crippen molar-refractivity contribution in [3.05, 3.63) is 30.6 Å². The van der Waals surface area contributed by atoms with E-state index in [9.17, 15) is 13.6 Å². The highest BCUT2D eigenvalue weighted by atomic mass is 32.2. The molecule has 0 spiro atoms. The van der Waals surface area contributed by atoms with Gasteiger partial charge in [0.1, 0.15) is 11.4 Å². The number of hydrogen-bond donors (Lipinski definition) is 0. The molecule has 0 saturated carbocycles. The number of rotatable bonds is 2. The van der Waals surface area contributed by atoms with E-state index in [-0.39, 0.29) is 0 Å². The summed E-state index contributed by atoms with van der Waals surface area (Å²) in [6.07, 6.45) is 1.51. The van der Waals surface area contributed by atoms with Gasteiger partial charge in [-0.15, -0.1) is 4.84 Å². The molecule has 0 aliphatic rings. The molecular weight excluding hydrogens is 198 g/mol. The summed E-state index contributed by atoms with van der Waals surface area (Å²) in [4.78, 5) is 15.0. The molecular formula is C6H5NO5S. The van der Waals surface area contributed by atoms with E-state index in [2.05, 4.69) is 9.02 Å². The minimum Gasteiger partial charge on any atom is -0.740 e. The Kier molecular flexibility index (Phi) is 3.35. The molecule has 0 fully saturated rings. The Bertz CT molecular complexity index is 314. The molecule has 0 saturated heterocycles. The first-order valence-electron chi connectivity index (χ1n) is 3.14. The molecule has 1 rings (SSSR count). The predicted molar refractivity (Wildman–Crippen MR) is 38.6 cm³/mol. The van der Waals surface area contributed by atoms with E-state index in [1.54, 1.807) is 18.2 Å². The molecule has 6 nitrogen and oxygen atoms in total. The van der Waals surface area contributed by atoms with Gasteiger partial charge in [0.15, 0.2) is 0 Å². The molecule has 0 radical (unpaired) electrons. The monoisotopic (exact) mass is 203 g/mol. The summed E-state index contributed by atoms with van der Waals surface area (Å²) in [6, 6.07) is 4.90. The molecule has 13 heavy (non-hydrogen) atoms. The third-order valence-electron chi connectivity index (χ3n) is 1.00. The van der Waals surface area contributed by atoms with Crippen molar-refractivity contribution in [3.8, 4) is 0 Å². The standard InChI is InChI=1S/C6H5NO5S/c8-6(12-13(9)10)11-7-4-2-1-3-5-7/h1-5H. The highest BCUT2D eigenvalue weighted by Crippen LogP contribution is 1.81. The summed E-state index contributed by atoms with van der Waals surface area (Å²) < 4.78 is 24.4. The van der Waals surface area contributed by atoms with Crippen LogP contribution in [0.1, 0.15) is 0 Å². The van der Waals surface area contributed by atoms with Crippen molar-refractivity contribution in [3.63, 3.8) is 0 Å². The maximum atomic E-state index is 10.6. The molecule has 0 N–H and O–H groups in total.